The maximum atomic E-state index is 5.73. The van der Waals surface area contributed by atoms with Crippen LogP contribution in [0.15, 0.2) is 25.3 Å². The second-order valence-electron chi connectivity index (χ2n) is 6.24. The number of rotatable bonds is 12. The summed E-state index contributed by atoms with van der Waals surface area (Å²) in [5.41, 5.74) is 0. The van der Waals surface area contributed by atoms with E-state index in [-0.39, 0.29) is 0 Å². The van der Waals surface area contributed by atoms with E-state index in [1.165, 1.54) is 51.4 Å². The molecule has 0 aliphatic carbocycles. The summed E-state index contributed by atoms with van der Waals surface area (Å²) in [6, 6.07) is 0. The fraction of sp³-hybridized carbons (Fsp3) is 0.737. The Kier molecular flexibility index (Phi) is 10.9. The van der Waals surface area contributed by atoms with Gasteiger partial charge in [-0.15, -0.1) is 13.2 Å². The molecule has 2 nitrogen and oxygen atoms in total. The van der Waals surface area contributed by atoms with E-state index >= 15 is 0 Å². The minimum Gasteiger partial charge on any atom is -0.338 e. The average molecular weight is 355 g/mol. The zero-order valence-corrected chi connectivity index (χ0v) is 16.6. The molecule has 4 heteroatoms. The molecule has 1 saturated heterocycles. The third-order valence-electron chi connectivity index (χ3n) is 4.37. The minimum absolute atomic E-state index is 0.401. The first-order valence-electron chi connectivity index (χ1n) is 9.14. The molecule has 2 atom stereocenters. The van der Waals surface area contributed by atoms with Gasteiger partial charge in [0.15, 0.2) is 0 Å². The van der Waals surface area contributed by atoms with E-state index < -0.39 is 0 Å². The molecular formula is C19H34N2S2. The lowest BCUT2D eigenvalue weighted by atomic mass is 10.1. The van der Waals surface area contributed by atoms with Crippen molar-refractivity contribution in [3.63, 3.8) is 0 Å². The molecule has 0 bridgehead atoms. The summed E-state index contributed by atoms with van der Waals surface area (Å²) in [7, 11) is 0. The van der Waals surface area contributed by atoms with Crippen LogP contribution in [-0.4, -0.2) is 38.7 Å². The van der Waals surface area contributed by atoms with Crippen LogP contribution in [0, 0.1) is 0 Å². The van der Waals surface area contributed by atoms with Crippen molar-refractivity contribution in [3.05, 3.63) is 25.3 Å². The number of hydrogen-bond acceptors (Lipinski definition) is 3. The summed E-state index contributed by atoms with van der Waals surface area (Å²) >= 11 is 7.59. The van der Waals surface area contributed by atoms with Gasteiger partial charge in [0.05, 0.1) is 11.5 Å². The van der Waals surface area contributed by atoms with Gasteiger partial charge in [-0.1, -0.05) is 88.5 Å². The lowest BCUT2D eigenvalue weighted by molar-refractivity contribution is 0.0823. The van der Waals surface area contributed by atoms with E-state index in [9.17, 15) is 0 Å². The number of unbranched alkanes of at least 4 members (excludes halogenated alkanes) is 4. The van der Waals surface area contributed by atoms with Crippen LogP contribution in [-0.2, 0) is 0 Å². The largest absolute Gasteiger partial charge is 0.338 e. The van der Waals surface area contributed by atoms with Gasteiger partial charge in [0, 0.05) is 13.1 Å². The molecule has 132 valence electrons. The summed E-state index contributed by atoms with van der Waals surface area (Å²) in [6.07, 6.45) is 14.5. The highest BCUT2D eigenvalue weighted by Gasteiger charge is 2.36. The normalized spacial score (nSPS) is 22.3. The molecule has 1 rings (SSSR count). The lowest BCUT2D eigenvalue weighted by Gasteiger charge is -2.48. The molecule has 0 N–H and O–H groups in total. The van der Waals surface area contributed by atoms with Crippen LogP contribution < -0.4 is 0 Å². The van der Waals surface area contributed by atoms with E-state index in [0.29, 0.717) is 11.5 Å². The van der Waals surface area contributed by atoms with Crippen LogP contribution >= 0.6 is 24.0 Å². The van der Waals surface area contributed by atoms with Crippen LogP contribution in [0.5, 0.6) is 0 Å². The second kappa shape index (κ2) is 12.1. The molecule has 1 heterocycles. The van der Waals surface area contributed by atoms with Gasteiger partial charge in [-0.05, 0) is 12.8 Å². The zero-order valence-electron chi connectivity index (χ0n) is 15.0. The molecule has 1 fully saturated rings. The fourth-order valence-corrected chi connectivity index (χ4v) is 4.90. The molecule has 0 aromatic rings. The van der Waals surface area contributed by atoms with Crippen molar-refractivity contribution in [2.45, 2.75) is 76.8 Å². The predicted octanol–water partition coefficient (Wildman–Crippen LogP) is 5.81. The van der Waals surface area contributed by atoms with Crippen molar-refractivity contribution >= 4 is 28.3 Å². The first-order valence-corrected chi connectivity index (χ1v) is 10.4. The number of hydrogen-bond donors (Lipinski definition) is 0. The summed E-state index contributed by atoms with van der Waals surface area (Å²) in [5, 5.41) is 0.500. The van der Waals surface area contributed by atoms with Crippen LogP contribution in [0.25, 0.3) is 0 Å². The monoisotopic (exact) mass is 354 g/mol. The molecule has 0 radical (unpaired) electrons. The minimum atomic E-state index is 0.401. The number of thioether (sulfide) groups is 1. The number of thiocarbonyl (C=S) groups is 1. The smallest absolute Gasteiger partial charge is 0.139 e. The Labute approximate surface area is 153 Å². The van der Waals surface area contributed by atoms with E-state index in [1.807, 2.05) is 23.9 Å². The second-order valence-corrected chi connectivity index (χ2v) is 8.05. The molecule has 0 spiro atoms. The molecule has 2 unspecified atom stereocenters. The molecular weight excluding hydrogens is 320 g/mol. The summed E-state index contributed by atoms with van der Waals surface area (Å²) in [4.78, 5) is 4.98. The molecule has 0 aromatic carbocycles. The topological polar surface area (TPSA) is 6.48 Å². The van der Waals surface area contributed by atoms with E-state index in [4.69, 9.17) is 12.2 Å². The first-order chi connectivity index (χ1) is 11.2. The van der Waals surface area contributed by atoms with Crippen molar-refractivity contribution in [1.29, 1.82) is 0 Å². The van der Waals surface area contributed by atoms with E-state index in [2.05, 4.69) is 36.8 Å². The van der Waals surface area contributed by atoms with Gasteiger partial charge in [-0.25, -0.2) is 0 Å². The highest BCUT2D eigenvalue weighted by molar-refractivity contribution is 8.23. The van der Waals surface area contributed by atoms with Gasteiger partial charge in [0.1, 0.15) is 4.32 Å². The van der Waals surface area contributed by atoms with Crippen LogP contribution in [0.3, 0.4) is 0 Å². The Balaban J connectivity index is 2.86. The summed E-state index contributed by atoms with van der Waals surface area (Å²) in [5.74, 6) is 0. The van der Waals surface area contributed by atoms with Crippen LogP contribution in [0.4, 0.5) is 0 Å². The maximum Gasteiger partial charge on any atom is 0.139 e. The van der Waals surface area contributed by atoms with E-state index in [1.54, 1.807) is 0 Å². The van der Waals surface area contributed by atoms with Crippen molar-refractivity contribution in [2.24, 2.45) is 0 Å². The molecule has 1 aliphatic heterocycles. The third-order valence-corrected chi connectivity index (χ3v) is 6.11. The van der Waals surface area contributed by atoms with Gasteiger partial charge in [0.2, 0.25) is 0 Å². The molecule has 23 heavy (non-hydrogen) atoms. The molecule has 0 saturated carbocycles. The Bertz CT molecular complexity index is 370. The highest BCUT2D eigenvalue weighted by Crippen LogP contribution is 2.35. The number of nitrogens with zero attached hydrogens (tertiary/aromatic N) is 2. The van der Waals surface area contributed by atoms with Gasteiger partial charge >= 0.3 is 0 Å². The SMILES string of the molecule is C=CCN1C(=S)SC(CCCCC)N(CC=C)C1CCCCC. The van der Waals surface area contributed by atoms with Gasteiger partial charge in [0.25, 0.3) is 0 Å². The van der Waals surface area contributed by atoms with Crippen LogP contribution in [0.1, 0.15) is 65.2 Å². The van der Waals surface area contributed by atoms with Crippen LogP contribution in [0.2, 0.25) is 0 Å². The Hall–Kier alpha value is -0.320. The maximum absolute atomic E-state index is 5.73. The lowest BCUT2D eigenvalue weighted by Crippen LogP contribution is -2.57. The quantitative estimate of drug-likeness (QED) is 0.248. The standard InChI is InChI=1S/C19H34N2S2/c1-5-9-11-13-17-20(15-7-3)18(14-12-10-6-2)23-19(22)21(17)16-8-4/h7-8,17-18H,3-6,9-16H2,1-2H3. The predicted molar refractivity (Wildman–Crippen MR) is 110 cm³/mol. The Morgan fingerprint density at radius 3 is 2.17 bits per heavy atom. The highest BCUT2D eigenvalue weighted by atomic mass is 32.2. The van der Waals surface area contributed by atoms with Crippen molar-refractivity contribution < 1.29 is 0 Å². The van der Waals surface area contributed by atoms with Gasteiger partial charge in [-0.2, -0.15) is 0 Å². The summed E-state index contributed by atoms with van der Waals surface area (Å²) in [6.45, 7) is 14.2. The van der Waals surface area contributed by atoms with Crippen molar-refractivity contribution in [3.8, 4) is 0 Å². The molecule has 0 aromatic heterocycles. The third kappa shape index (κ3) is 6.60. The Morgan fingerprint density at radius 2 is 1.61 bits per heavy atom. The van der Waals surface area contributed by atoms with Crippen molar-refractivity contribution in [2.75, 3.05) is 13.1 Å². The van der Waals surface area contributed by atoms with Gasteiger partial charge in [-0.3, -0.25) is 4.90 Å². The zero-order chi connectivity index (χ0) is 17.1. The summed E-state index contributed by atoms with van der Waals surface area (Å²) < 4.78 is 1.05. The Morgan fingerprint density at radius 1 is 1.00 bits per heavy atom. The average Bonchev–Trinajstić information content (AvgIpc) is 2.54. The first kappa shape index (κ1) is 20.7. The van der Waals surface area contributed by atoms with E-state index in [0.717, 1.165) is 17.4 Å². The van der Waals surface area contributed by atoms with Gasteiger partial charge < -0.3 is 4.90 Å². The molecule has 0 amide bonds. The van der Waals surface area contributed by atoms with Crippen molar-refractivity contribution in [1.82, 2.24) is 9.80 Å². The fourth-order valence-electron chi connectivity index (χ4n) is 3.16. The molecule has 1 aliphatic rings.